The molecule has 4 aromatic carbocycles. The van der Waals surface area contributed by atoms with Gasteiger partial charge in [-0.3, -0.25) is 4.79 Å². The van der Waals surface area contributed by atoms with Crippen LogP contribution in [0.3, 0.4) is 0 Å². The van der Waals surface area contributed by atoms with Gasteiger partial charge in [-0.1, -0.05) is 72.8 Å². The monoisotopic (exact) mass is 588 g/mol. The van der Waals surface area contributed by atoms with Crippen LogP contribution in [0.2, 0.25) is 0 Å². The topological polar surface area (TPSA) is 71.3 Å². The molecule has 36 heavy (non-hydrogen) atoms. The first kappa shape index (κ1) is 25.3. The number of amides is 1. The SMILES string of the molecule is COc1cc(/C=C(/C#N)C(=O)N[C@H](C)c2ccccc2)cc(I)c1OCc1cccc2ccccc12. The Labute approximate surface area is 224 Å². The van der Waals surface area contributed by atoms with Crippen LogP contribution in [0.15, 0.2) is 90.5 Å². The molecule has 180 valence electrons. The van der Waals surface area contributed by atoms with E-state index in [-0.39, 0.29) is 11.6 Å². The average Bonchev–Trinajstić information content (AvgIpc) is 2.91. The number of carbonyl (C=O) groups excluding carboxylic acids is 1. The third-order valence-electron chi connectivity index (χ3n) is 5.83. The first-order chi connectivity index (χ1) is 17.5. The zero-order valence-electron chi connectivity index (χ0n) is 20.0. The van der Waals surface area contributed by atoms with E-state index in [1.165, 1.54) is 0 Å². The molecule has 4 rings (SSSR count). The summed E-state index contributed by atoms with van der Waals surface area (Å²) >= 11 is 2.18. The fourth-order valence-corrected chi connectivity index (χ4v) is 4.73. The van der Waals surface area contributed by atoms with Crippen molar-refractivity contribution in [2.75, 3.05) is 7.11 Å². The predicted octanol–water partition coefficient (Wildman–Crippen LogP) is 6.82. The molecule has 0 aliphatic rings. The highest BCUT2D eigenvalue weighted by molar-refractivity contribution is 14.1. The van der Waals surface area contributed by atoms with E-state index < -0.39 is 5.91 Å². The summed E-state index contributed by atoms with van der Waals surface area (Å²) < 4.78 is 12.6. The van der Waals surface area contributed by atoms with Crippen molar-refractivity contribution in [1.29, 1.82) is 5.26 Å². The van der Waals surface area contributed by atoms with Gasteiger partial charge in [-0.05, 0) is 75.2 Å². The summed E-state index contributed by atoms with van der Waals surface area (Å²) in [5, 5.41) is 14.8. The summed E-state index contributed by atoms with van der Waals surface area (Å²) in [5.41, 5.74) is 2.73. The second-order valence-electron chi connectivity index (χ2n) is 8.24. The Kier molecular flexibility index (Phi) is 8.24. The normalized spacial score (nSPS) is 12.0. The zero-order valence-corrected chi connectivity index (χ0v) is 22.2. The van der Waals surface area contributed by atoms with Crippen molar-refractivity contribution in [3.63, 3.8) is 0 Å². The van der Waals surface area contributed by atoms with E-state index in [0.717, 1.165) is 25.5 Å². The largest absolute Gasteiger partial charge is 0.493 e. The van der Waals surface area contributed by atoms with Gasteiger partial charge >= 0.3 is 0 Å². The lowest BCUT2D eigenvalue weighted by Gasteiger charge is -2.15. The number of nitrogens with zero attached hydrogens (tertiary/aromatic N) is 1. The van der Waals surface area contributed by atoms with Crippen molar-refractivity contribution < 1.29 is 14.3 Å². The quantitative estimate of drug-likeness (QED) is 0.139. The summed E-state index contributed by atoms with van der Waals surface area (Å²) in [6.07, 6.45) is 1.56. The van der Waals surface area contributed by atoms with Crippen molar-refractivity contribution in [3.05, 3.63) is 111 Å². The van der Waals surface area contributed by atoms with Gasteiger partial charge in [0.15, 0.2) is 11.5 Å². The average molecular weight is 588 g/mol. The van der Waals surface area contributed by atoms with E-state index in [2.05, 4.69) is 46.1 Å². The van der Waals surface area contributed by atoms with Gasteiger partial charge in [-0.2, -0.15) is 5.26 Å². The molecule has 1 amide bonds. The second kappa shape index (κ2) is 11.7. The Morgan fingerprint density at radius 2 is 1.78 bits per heavy atom. The lowest BCUT2D eigenvalue weighted by molar-refractivity contribution is -0.117. The Bertz CT molecular complexity index is 1450. The summed E-state index contributed by atoms with van der Waals surface area (Å²) in [5.74, 6) is 0.715. The van der Waals surface area contributed by atoms with Crippen molar-refractivity contribution in [3.8, 4) is 17.6 Å². The van der Waals surface area contributed by atoms with Crippen LogP contribution in [0.1, 0.15) is 29.7 Å². The number of methoxy groups -OCH3 is 1. The van der Waals surface area contributed by atoms with Gasteiger partial charge in [0.1, 0.15) is 18.2 Å². The maximum atomic E-state index is 12.8. The van der Waals surface area contributed by atoms with Crippen LogP contribution >= 0.6 is 22.6 Å². The van der Waals surface area contributed by atoms with Crippen molar-refractivity contribution in [1.82, 2.24) is 5.32 Å². The number of benzene rings is 4. The molecule has 0 heterocycles. The number of hydrogen-bond acceptors (Lipinski definition) is 4. The summed E-state index contributed by atoms with van der Waals surface area (Å²) in [7, 11) is 1.57. The van der Waals surface area contributed by atoms with Gasteiger partial charge in [0.2, 0.25) is 0 Å². The van der Waals surface area contributed by atoms with E-state index >= 15 is 0 Å². The van der Waals surface area contributed by atoms with E-state index in [9.17, 15) is 10.1 Å². The van der Waals surface area contributed by atoms with Gasteiger partial charge < -0.3 is 14.8 Å². The fourth-order valence-electron chi connectivity index (χ4n) is 3.95. The van der Waals surface area contributed by atoms with E-state index in [0.29, 0.717) is 23.7 Å². The molecule has 1 atom stereocenters. The minimum Gasteiger partial charge on any atom is -0.493 e. The van der Waals surface area contributed by atoms with Crippen LogP contribution in [0.25, 0.3) is 16.8 Å². The molecule has 0 bridgehead atoms. The number of rotatable bonds is 8. The lowest BCUT2D eigenvalue weighted by Crippen LogP contribution is -2.27. The Morgan fingerprint density at radius 3 is 2.53 bits per heavy atom. The molecule has 0 saturated carbocycles. The first-order valence-corrected chi connectivity index (χ1v) is 12.5. The highest BCUT2D eigenvalue weighted by Crippen LogP contribution is 2.35. The van der Waals surface area contributed by atoms with E-state index in [1.807, 2.05) is 73.7 Å². The lowest BCUT2D eigenvalue weighted by atomic mass is 10.1. The van der Waals surface area contributed by atoms with Crippen LogP contribution in [0.4, 0.5) is 0 Å². The molecule has 0 aromatic heterocycles. The summed E-state index contributed by atoms with van der Waals surface area (Å²) in [6, 6.07) is 29.4. The molecular formula is C30H25IN2O3. The molecule has 6 heteroatoms. The van der Waals surface area contributed by atoms with Crippen molar-refractivity contribution in [2.24, 2.45) is 0 Å². The Balaban J connectivity index is 1.54. The fraction of sp³-hybridized carbons (Fsp3) is 0.133. The molecule has 0 spiro atoms. The molecule has 1 N–H and O–H groups in total. The number of fused-ring (bicyclic) bond motifs is 1. The summed E-state index contributed by atoms with van der Waals surface area (Å²) in [6.45, 7) is 2.27. The van der Waals surface area contributed by atoms with Crippen LogP contribution in [-0.2, 0) is 11.4 Å². The molecule has 0 unspecified atom stereocenters. The maximum absolute atomic E-state index is 12.8. The zero-order chi connectivity index (χ0) is 25.5. The van der Waals surface area contributed by atoms with Gasteiger partial charge in [-0.25, -0.2) is 0 Å². The van der Waals surface area contributed by atoms with Gasteiger partial charge in [0.25, 0.3) is 5.91 Å². The van der Waals surface area contributed by atoms with Crippen molar-refractivity contribution >= 4 is 45.3 Å². The minimum absolute atomic E-state index is 0.0139. The van der Waals surface area contributed by atoms with Crippen LogP contribution in [-0.4, -0.2) is 13.0 Å². The first-order valence-electron chi connectivity index (χ1n) is 11.4. The maximum Gasteiger partial charge on any atom is 0.262 e. The predicted molar refractivity (Wildman–Crippen MR) is 151 cm³/mol. The van der Waals surface area contributed by atoms with Gasteiger partial charge in [0.05, 0.1) is 16.7 Å². The van der Waals surface area contributed by atoms with Crippen molar-refractivity contribution in [2.45, 2.75) is 19.6 Å². The molecule has 5 nitrogen and oxygen atoms in total. The Hall–Kier alpha value is -3.83. The van der Waals surface area contributed by atoms with E-state index in [1.54, 1.807) is 19.3 Å². The summed E-state index contributed by atoms with van der Waals surface area (Å²) in [4.78, 5) is 12.8. The highest BCUT2D eigenvalue weighted by Gasteiger charge is 2.16. The number of nitriles is 1. The molecule has 0 fully saturated rings. The Morgan fingerprint density at radius 1 is 1.06 bits per heavy atom. The number of ether oxygens (including phenoxy) is 2. The molecule has 0 saturated heterocycles. The van der Waals surface area contributed by atoms with Crippen LogP contribution in [0.5, 0.6) is 11.5 Å². The van der Waals surface area contributed by atoms with E-state index in [4.69, 9.17) is 9.47 Å². The highest BCUT2D eigenvalue weighted by atomic mass is 127. The number of nitrogens with one attached hydrogen (secondary N) is 1. The van der Waals surface area contributed by atoms with Crippen LogP contribution in [0, 0.1) is 14.9 Å². The van der Waals surface area contributed by atoms with Gasteiger partial charge in [0, 0.05) is 0 Å². The molecular weight excluding hydrogens is 563 g/mol. The second-order valence-corrected chi connectivity index (χ2v) is 9.40. The molecule has 0 aliphatic carbocycles. The number of halogens is 1. The third-order valence-corrected chi connectivity index (χ3v) is 6.63. The van der Waals surface area contributed by atoms with Crippen LogP contribution < -0.4 is 14.8 Å². The minimum atomic E-state index is -0.431. The molecule has 0 radical (unpaired) electrons. The number of carbonyl (C=O) groups is 1. The van der Waals surface area contributed by atoms with Gasteiger partial charge in [-0.15, -0.1) is 0 Å². The number of hydrogen-bond donors (Lipinski definition) is 1. The molecule has 4 aromatic rings. The molecule has 0 aliphatic heterocycles. The third kappa shape index (κ3) is 5.86. The smallest absolute Gasteiger partial charge is 0.262 e. The standard InChI is InChI=1S/C30H25IN2O3/c1-20(22-9-4-3-5-10-22)33-30(34)25(18-32)15-21-16-27(31)29(28(17-21)35-2)36-19-24-13-8-12-23-11-6-7-14-26(23)24/h3-17,20H,19H2,1-2H3,(H,33,34)/b25-15-/t20-/m1/s1.